The van der Waals surface area contributed by atoms with Gasteiger partial charge in [-0.15, -0.1) is 0 Å². The van der Waals surface area contributed by atoms with Crippen molar-refractivity contribution < 1.29 is 9.90 Å². The highest BCUT2D eigenvalue weighted by molar-refractivity contribution is 5.76. The highest BCUT2D eigenvalue weighted by Gasteiger charge is 2.16. The summed E-state index contributed by atoms with van der Waals surface area (Å²) in [6.45, 7) is 6.50. The third-order valence-corrected chi connectivity index (χ3v) is 3.84. The normalized spacial score (nSPS) is 12.4. The maximum Gasteiger partial charge on any atom is 0.222 e. The van der Waals surface area contributed by atoms with E-state index in [2.05, 4.69) is 13.8 Å². The molecule has 0 aliphatic carbocycles. The zero-order chi connectivity index (χ0) is 15.2. The maximum absolute atomic E-state index is 12.3. The molecular formula is C16H34N2O2. The molecule has 0 bridgehead atoms. The van der Waals surface area contributed by atoms with Gasteiger partial charge < -0.3 is 15.7 Å². The Kier molecular flexibility index (Phi) is 13.0. The number of amides is 1. The molecule has 3 N–H and O–H groups in total. The number of carbonyl (C=O) groups is 1. The minimum atomic E-state index is 0.147. The predicted octanol–water partition coefficient (Wildman–Crippen LogP) is 2.54. The molecule has 0 heterocycles. The molecular weight excluding hydrogens is 252 g/mol. The fourth-order valence-electron chi connectivity index (χ4n) is 2.30. The minimum absolute atomic E-state index is 0.147. The molecule has 0 radical (unpaired) electrons. The summed E-state index contributed by atoms with van der Waals surface area (Å²) in [7, 11) is 0. The van der Waals surface area contributed by atoms with Crippen LogP contribution in [0, 0.1) is 5.92 Å². The molecule has 20 heavy (non-hydrogen) atoms. The van der Waals surface area contributed by atoms with E-state index in [0.29, 0.717) is 31.8 Å². The number of aliphatic hydroxyl groups excluding tert-OH is 1. The second-order valence-corrected chi connectivity index (χ2v) is 5.59. The molecule has 0 fully saturated rings. The molecule has 4 heteroatoms. The van der Waals surface area contributed by atoms with Gasteiger partial charge in [0.05, 0.1) is 0 Å². The van der Waals surface area contributed by atoms with Crippen LogP contribution in [0.5, 0.6) is 0 Å². The Bertz CT molecular complexity index is 231. The molecule has 0 rings (SSSR count). The first-order valence-corrected chi connectivity index (χ1v) is 8.28. The SMILES string of the molecule is CCCCCCCN(CCCO)C(=O)CC(CC)CN. The van der Waals surface area contributed by atoms with Crippen LogP contribution in [0.2, 0.25) is 0 Å². The second-order valence-electron chi connectivity index (χ2n) is 5.59. The van der Waals surface area contributed by atoms with Gasteiger partial charge in [-0.25, -0.2) is 0 Å². The van der Waals surface area contributed by atoms with Gasteiger partial charge in [0.15, 0.2) is 0 Å². The summed E-state index contributed by atoms with van der Waals surface area (Å²) >= 11 is 0. The fourth-order valence-corrected chi connectivity index (χ4v) is 2.30. The average Bonchev–Trinajstić information content (AvgIpc) is 2.47. The summed E-state index contributed by atoms with van der Waals surface area (Å²) in [6, 6.07) is 0. The third kappa shape index (κ3) is 9.32. The lowest BCUT2D eigenvalue weighted by Gasteiger charge is -2.24. The van der Waals surface area contributed by atoms with Crippen molar-refractivity contribution in [1.29, 1.82) is 0 Å². The number of nitrogens with zero attached hydrogens (tertiary/aromatic N) is 1. The van der Waals surface area contributed by atoms with E-state index in [1.54, 1.807) is 0 Å². The van der Waals surface area contributed by atoms with Gasteiger partial charge in [-0.3, -0.25) is 4.79 Å². The van der Waals surface area contributed by atoms with E-state index in [1.165, 1.54) is 25.7 Å². The number of carbonyl (C=O) groups excluding carboxylic acids is 1. The molecule has 4 nitrogen and oxygen atoms in total. The average molecular weight is 286 g/mol. The predicted molar refractivity (Wildman–Crippen MR) is 84.5 cm³/mol. The third-order valence-electron chi connectivity index (χ3n) is 3.84. The number of rotatable bonds is 13. The maximum atomic E-state index is 12.3. The number of hydrogen-bond donors (Lipinski definition) is 2. The van der Waals surface area contributed by atoms with Gasteiger partial charge in [-0.2, -0.15) is 0 Å². The highest BCUT2D eigenvalue weighted by atomic mass is 16.3. The molecule has 0 spiro atoms. The van der Waals surface area contributed by atoms with Crippen molar-refractivity contribution in [2.24, 2.45) is 11.7 Å². The summed E-state index contributed by atoms with van der Waals surface area (Å²) in [5, 5.41) is 8.95. The molecule has 0 saturated heterocycles. The van der Waals surface area contributed by atoms with Crippen LogP contribution in [-0.2, 0) is 4.79 Å². The monoisotopic (exact) mass is 286 g/mol. The van der Waals surface area contributed by atoms with Gasteiger partial charge in [0.1, 0.15) is 0 Å². The van der Waals surface area contributed by atoms with E-state index < -0.39 is 0 Å². The largest absolute Gasteiger partial charge is 0.396 e. The van der Waals surface area contributed by atoms with Crippen molar-refractivity contribution >= 4 is 5.91 Å². The number of hydrogen-bond acceptors (Lipinski definition) is 3. The number of aliphatic hydroxyl groups is 1. The van der Waals surface area contributed by atoms with Gasteiger partial charge in [0.2, 0.25) is 5.91 Å². The Morgan fingerprint density at radius 2 is 1.75 bits per heavy atom. The Hall–Kier alpha value is -0.610. The Morgan fingerprint density at radius 1 is 1.10 bits per heavy atom. The highest BCUT2D eigenvalue weighted by Crippen LogP contribution is 2.11. The van der Waals surface area contributed by atoms with Crippen LogP contribution in [0.25, 0.3) is 0 Å². The molecule has 1 atom stereocenters. The van der Waals surface area contributed by atoms with E-state index in [0.717, 1.165) is 19.4 Å². The topological polar surface area (TPSA) is 66.6 Å². The van der Waals surface area contributed by atoms with Crippen molar-refractivity contribution in [1.82, 2.24) is 4.90 Å². The zero-order valence-corrected chi connectivity index (χ0v) is 13.4. The molecule has 0 aromatic carbocycles. The molecule has 0 aromatic heterocycles. The van der Waals surface area contributed by atoms with Crippen LogP contribution in [0.15, 0.2) is 0 Å². The molecule has 1 unspecified atom stereocenters. The standard InChI is InChI=1S/C16H34N2O2/c1-3-5-6-7-8-10-18(11-9-12-19)16(20)13-15(4-2)14-17/h15,19H,3-14,17H2,1-2H3. The van der Waals surface area contributed by atoms with Crippen LogP contribution in [0.3, 0.4) is 0 Å². The van der Waals surface area contributed by atoms with Gasteiger partial charge in [-0.05, 0) is 25.3 Å². The van der Waals surface area contributed by atoms with Gasteiger partial charge in [0, 0.05) is 26.1 Å². The van der Waals surface area contributed by atoms with Crippen molar-refractivity contribution in [3.63, 3.8) is 0 Å². The molecule has 1 amide bonds. The number of nitrogens with two attached hydrogens (primary N) is 1. The first-order valence-electron chi connectivity index (χ1n) is 8.28. The van der Waals surface area contributed by atoms with E-state index in [9.17, 15) is 4.79 Å². The Labute approximate surface area is 124 Å². The Morgan fingerprint density at radius 3 is 2.30 bits per heavy atom. The van der Waals surface area contributed by atoms with Gasteiger partial charge in [-0.1, -0.05) is 46.0 Å². The van der Waals surface area contributed by atoms with Crippen molar-refractivity contribution in [3.8, 4) is 0 Å². The lowest BCUT2D eigenvalue weighted by atomic mass is 10.0. The van der Waals surface area contributed by atoms with Crippen molar-refractivity contribution in [3.05, 3.63) is 0 Å². The van der Waals surface area contributed by atoms with Crippen molar-refractivity contribution in [2.45, 2.75) is 65.2 Å². The summed E-state index contributed by atoms with van der Waals surface area (Å²) in [4.78, 5) is 14.2. The fraction of sp³-hybridized carbons (Fsp3) is 0.938. The van der Waals surface area contributed by atoms with Crippen molar-refractivity contribution in [2.75, 3.05) is 26.2 Å². The molecule has 0 aromatic rings. The molecule has 0 saturated carbocycles. The smallest absolute Gasteiger partial charge is 0.222 e. The summed E-state index contributed by atoms with van der Waals surface area (Å²) in [6.07, 6.45) is 8.18. The van der Waals surface area contributed by atoms with Crippen LogP contribution >= 0.6 is 0 Å². The first-order chi connectivity index (χ1) is 9.69. The van der Waals surface area contributed by atoms with Crippen LogP contribution < -0.4 is 5.73 Å². The summed E-state index contributed by atoms with van der Waals surface area (Å²) < 4.78 is 0. The zero-order valence-electron chi connectivity index (χ0n) is 13.4. The summed E-state index contributed by atoms with van der Waals surface area (Å²) in [5.74, 6) is 0.491. The minimum Gasteiger partial charge on any atom is -0.396 e. The van der Waals surface area contributed by atoms with E-state index >= 15 is 0 Å². The van der Waals surface area contributed by atoms with E-state index in [-0.39, 0.29) is 12.5 Å². The van der Waals surface area contributed by atoms with E-state index in [1.807, 2.05) is 4.90 Å². The molecule has 0 aliphatic heterocycles. The van der Waals surface area contributed by atoms with Gasteiger partial charge >= 0.3 is 0 Å². The first kappa shape index (κ1) is 19.4. The quantitative estimate of drug-likeness (QED) is 0.511. The molecule has 0 aliphatic rings. The Balaban J connectivity index is 4.13. The van der Waals surface area contributed by atoms with Crippen LogP contribution in [-0.4, -0.2) is 42.2 Å². The van der Waals surface area contributed by atoms with Gasteiger partial charge in [0.25, 0.3) is 0 Å². The lowest BCUT2D eigenvalue weighted by Crippen LogP contribution is -2.35. The summed E-state index contributed by atoms with van der Waals surface area (Å²) in [5.41, 5.74) is 5.68. The lowest BCUT2D eigenvalue weighted by molar-refractivity contribution is -0.132. The molecule has 120 valence electrons. The van der Waals surface area contributed by atoms with E-state index in [4.69, 9.17) is 10.8 Å². The number of unbranched alkanes of at least 4 members (excludes halogenated alkanes) is 4. The second kappa shape index (κ2) is 13.4. The van der Waals surface area contributed by atoms with Crippen LogP contribution in [0.4, 0.5) is 0 Å². The van der Waals surface area contributed by atoms with Crippen LogP contribution in [0.1, 0.15) is 65.2 Å².